The average molecular weight is 301 g/mol. The minimum atomic E-state index is 0.134. The number of rotatable bonds is 9. The molecule has 0 aliphatic carbocycles. The van der Waals surface area contributed by atoms with E-state index in [4.69, 9.17) is 0 Å². The zero-order valence-electron chi connectivity index (χ0n) is 14.6. The van der Waals surface area contributed by atoms with Crippen molar-refractivity contribution in [2.45, 2.75) is 59.3 Å². The van der Waals surface area contributed by atoms with Gasteiger partial charge in [-0.3, -0.25) is 4.79 Å². The van der Waals surface area contributed by atoms with Crippen molar-refractivity contribution in [2.24, 2.45) is 0 Å². The molecule has 0 aliphatic heterocycles. The van der Waals surface area contributed by atoms with Crippen molar-refractivity contribution in [3.05, 3.63) is 41.5 Å². The highest BCUT2D eigenvalue weighted by molar-refractivity contribution is 5.91. The van der Waals surface area contributed by atoms with Gasteiger partial charge in [0.2, 0.25) is 5.91 Å². The Labute approximate surface area is 136 Å². The number of benzene rings is 1. The van der Waals surface area contributed by atoms with Gasteiger partial charge in [-0.2, -0.15) is 0 Å². The molecule has 0 unspecified atom stereocenters. The molecule has 0 spiro atoms. The van der Waals surface area contributed by atoms with E-state index in [0.717, 1.165) is 44.3 Å². The van der Waals surface area contributed by atoms with Crippen LogP contribution in [-0.2, 0) is 4.79 Å². The second-order valence-electron chi connectivity index (χ2n) is 6.19. The highest BCUT2D eigenvalue weighted by Gasteiger charge is 2.09. The van der Waals surface area contributed by atoms with Gasteiger partial charge in [-0.15, -0.1) is 0 Å². The summed E-state index contributed by atoms with van der Waals surface area (Å²) in [4.78, 5) is 14.3. The molecule has 0 radical (unpaired) electrons. The Morgan fingerprint density at radius 1 is 1.05 bits per heavy atom. The van der Waals surface area contributed by atoms with E-state index in [9.17, 15) is 4.79 Å². The molecule has 0 bridgehead atoms. The number of hydrogen-bond donors (Lipinski definition) is 0. The Morgan fingerprint density at radius 2 is 1.59 bits per heavy atom. The Bertz CT molecular complexity index is 451. The molecule has 1 aromatic carbocycles. The predicted octanol–water partition coefficient (Wildman–Crippen LogP) is 5.25. The molecule has 1 amide bonds. The lowest BCUT2D eigenvalue weighted by molar-refractivity contribution is -0.126. The topological polar surface area (TPSA) is 20.3 Å². The molecule has 0 saturated carbocycles. The highest BCUT2D eigenvalue weighted by atomic mass is 16.2. The van der Waals surface area contributed by atoms with Crippen LogP contribution in [0.3, 0.4) is 0 Å². The molecule has 0 aromatic heterocycles. The van der Waals surface area contributed by atoms with Crippen LogP contribution in [0.15, 0.2) is 30.3 Å². The maximum Gasteiger partial charge on any atom is 0.246 e. The number of nitrogens with zero attached hydrogens (tertiary/aromatic N) is 1. The first-order chi connectivity index (χ1) is 10.6. The van der Waals surface area contributed by atoms with E-state index in [0.29, 0.717) is 5.92 Å². The van der Waals surface area contributed by atoms with Crippen LogP contribution >= 0.6 is 0 Å². The van der Waals surface area contributed by atoms with Crippen molar-refractivity contribution >= 4 is 12.0 Å². The number of unbranched alkanes of at least 4 members (excludes halogenated alkanes) is 2. The summed E-state index contributed by atoms with van der Waals surface area (Å²) in [6.07, 6.45) is 8.04. The van der Waals surface area contributed by atoms with Crippen LogP contribution in [0.4, 0.5) is 0 Å². The van der Waals surface area contributed by atoms with Crippen molar-refractivity contribution in [1.82, 2.24) is 4.90 Å². The standard InChI is InChI=1S/C20H31NO/c1-5-7-15-21(16-8-6-2)20(22)14-11-18-9-12-19(13-10-18)17(3)4/h9-14,17H,5-8,15-16H2,1-4H3. The van der Waals surface area contributed by atoms with E-state index >= 15 is 0 Å². The molecule has 2 nitrogen and oxygen atoms in total. The molecule has 22 heavy (non-hydrogen) atoms. The van der Waals surface area contributed by atoms with Crippen molar-refractivity contribution in [3.8, 4) is 0 Å². The third-order valence-corrected chi connectivity index (χ3v) is 3.90. The average Bonchev–Trinajstić information content (AvgIpc) is 2.53. The van der Waals surface area contributed by atoms with Crippen LogP contribution in [0.25, 0.3) is 6.08 Å². The first-order valence-corrected chi connectivity index (χ1v) is 8.65. The van der Waals surface area contributed by atoms with E-state index < -0.39 is 0 Å². The van der Waals surface area contributed by atoms with Crippen molar-refractivity contribution in [2.75, 3.05) is 13.1 Å². The van der Waals surface area contributed by atoms with E-state index in [-0.39, 0.29) is 5.91 Å². The fraction of sp³-hybridized carbons (Fsp3) is 0.550. The number of amides is 1. The van der Waals surface area contributed by atoms with Crippen molar-refractivity contribution in [3.63, 3.8) is 0 Å². The summed E-state index contributed by atoms with van der Waals surface area (Å²) >= 11 is 0. The van der Waals surface area contributed by atoms with Crippen molar-refractivity contribution < 1.29 is 4.79 Å². The van der Waals surface area contributed by atoms with Gasteiger partial charge >= 0.3 is 0 Å². The van der Waals surface area contributed by atoms with Crippen molar-refractivity contribution in [1.29, 1.82) is 0 Å². The summed E-state index contributed by atoms with van der Waals surface area (Å²) in [5.74, 6) is 0.674. The lowest BCUT2D eigenvalue weighted by atomic mass is 10.0. The predicted molar refractivity (Wildman–Crippen MR) is 96.0 cm³/mol. The van der Waals surface area contributed by atoms with E-state index in [2.05, 4.69) is 52.0 Å². The summed E-state index contributed by atoms with van der Waals surface area (Å²) in [5, 5.41) is 0. The molecule has 2 heteroatoms. The quantitative estimate of drug-likeness (QED) is 0.570. The molecule has 0 atom stereocenters. The van der Waals surface area contributed by atoms with Gasteiger partial charge in [0.15, 0.2) is 0 Å². The Kier molecular flexibility index (Phi) is 8.57. The Balaban J connectivity index is 2.65. The van der Waals surface area contributed by atoms with Crippen LogP contribution in [0.2, 0.25) is 0 Å². The molecule has 1 rings (SSSR count). The van der Waals surface area contributed by atoms with Crippen LogP contribution in [0.5, 0.6) is 0 Å². The number of carbonyl (C=O) groups is 1. The summed E-state index contributed by atoms with van der Waals surface area (Å²) in [5.41, 5.74) is 2.42. The summed E-state index contributed by atoms with van der Waals surface area (Å²) in [6.45, 7) is 10.4. The fourth-order valence-corrected chi connectivity index (χ4v) is 2.30. The molecule has 122 valence electrons. The van der Waals surface area contributed by atoms with Crippen LogP contribution in [-0.4, -0.2) is 23.9 Å². The normalized spacial score (nSPS) is 11.3. The van der Waals surface area contributed by atoms with Gasteiger partial charge in [0.05, 0.1) is 0 Å². The maximum atomic E-state index is 12.3. The molecule has 0 fully saturated rings. The van der Waals surface area contributed by atoms with Gasteiger partial charge in [0.1, 0.15) is 0 Å². The third-order valence-electron chi connectivity index (χ3n) is 3.90. The first-order valence-electron chi connectivity index (χ1n) is 8.65. The molecule has 0 aliphatic rings. The number of carbonyl (C=O) groups excluding carboxylic acids is 1. The van der Waals surface area contributed by atoms with Gasteiger partial charge in [0.25, 0.3) is 0 Å². The summed E-state index contributed by atoms with van der Waals surface area (Å²) in [6, 6.07) is 8.45. The van der Waals surface area contributed by atoms with Gasteiger partial charge in [-0.1, -0.05) is 64.8 Å². The second-order valence-corrected chi connectivity index (χ2v) is 6.19. The molecular formula is C20H31NO. The number of hydrogen-bond acceptors (Lipinski definition) is 1. The summed E-state index contributed by atoms with van der Waals surface area (Å²) in [7, 11) is 0. The van der Waals surface area contributed by atoms with Gasteiger partial charge < -0.3 is 4.90 Å². The maximum absolute atomic E-state index is 12.3. The third kappa shape index (κ3) is 6.46. The Hall–Kier alpha value is -1.57. The Morgan fingerprint density at radius 3 is 2.05 bits per heavy atom. The monoisotopic (exact) mass is 301 g/mol. The SMILES string of the molecule is CCCCN(CCCC)C(=O)C=Cc1ccc(C(C)C)cc1. The fourth-order valence-electron chi connectivity index (χ4n) is 2.30. The highest BCUT2D eigenvalue weighted by Crippen LogP contribution is 2.15. The van der Waals surface area contributed by atoms with E-state index in [1.807, 2.05) is 11.0 Å². The van der Waals surface area contributed by atoms with Gasteiger partial charge in [-0.05, 0) is 36.0 Å². The molecule has 1 aromatic rings. The molecule has 0 saturated heterocycles. The minimum absolute atomic E-state index is 0.134. The van der Waals surface area contributed by atoms with Crippen LogP contribution in [0.1, 0.15) is 70.4 Å². The lowest BCUT2D eigenvalue weighted by Gasteiger charge is -2.20. The molecule has 0 heterocycles. The minimum Gasteiger partial charge on any atom is -0.339 e. The van der Waals surface area contributed by atoms with Gasteiger partial charge in [0, 0.05) is 19.2 Å². The van der Waals surface area contributed by atoms with Crippen LogP contribution in [0, 0.1) is 0 Å². The molecule has 0 N–H and O–H groups in total. The second kappa shape index (κ2) is 10.2. The van der Waals surface area contributed by atoms with E-state index in [1.165, 1.54) is 5.56 Å². The molecular weight excluding hydrogens is 270 g/mol. The largest absolute Gasteiger partial charge is 0.339 e. The summed E-state index contributed by atoms with van der Waals surface area (Å²) < 4.78 is 0. The zero-order valence-corrected chi connectivity index (χ0v) is 14.6. The lowest BCUT2D eigenvalue weighted by Crippen LogP contribution is -2.31. The first kappa shape index (κ1) is 18.5. The van der Waals surface area contributed by atoms with Gasteiger partial charge in [-0.25, -0.2) is 0 Å². The smallest absolute Gasteiger partial charge is 0.246 e. The zero-order chi connectivity index (χ0) is 16.4. The van der Waals surface area contributed by atoms with Crippen LogP contribution < -0.4 is 0 Å². The van der Waals surface area contributed by atoms with E-state index in [1.54, 1.807) is 6.08 Å².